The van der Waals surface area contributed by atoms with Crippen molar-refractivity contribution in [1.82, 2.24) is 9.88 Å². The van der Waals surface area contributed by atoms with Crippen LogP contribution in [0.5, 0.6) is 0 Å². The van der Waals surface area contributed by atoms with Gasteiger partial charge in [-0.25, -0.2) is 4.79 Å². The molecule has 1 aromatic heterocycles. The molecule has 0 spiro atoms. The lowest BCUT2D eigenvalue weighted by Gasteiger charge is -2.07. The van der Waals surface area contributed by atoms with Gasteiger partial charge in [-0.15, -0.1) is 0 Å². The molecule has 1 aromatic carbocycles. The van der Waals surface area contributed by atoms with E-state index in [0.29, 0.717) is 0 Å². The number of hydrogen-bond acceptors (Lipinski definition) is 2. The fourth-order valence-electron chi connectivity index (χ4n) is 2.21. The molecule has 2 N–H and O–H groups in total. The van der Waals surface area contributed by atoms with E-state index in [9.17, 15) is 9.59 Å². The lowest BCUT2D eigenvalue weighted by atomic mass is 10.1. The van der Waals surface area contributed by atoms with Crippen LogP contribution in [0.2, 0.25) is 0 Å². The van der Waals surface area contributed by atoms with Crippen molar-refractivity contribution in [1.29, 1.82) is 0 Å². The minimum absolute atomic E-state index is 0.0812. The number of carboxylic acids is 1. The zero-order valence-corrected chi connectivity index (χ0v) is 11.2. The van der Waals surface area contributed by atoms with E-state index in [1.165, 1.54) is 0 Å². The van der Waals surface area contributed by atoms with Gasteiger partial charge in [0.25, 0.3) is 0 Å². The van der Waals surface area contributed by atoms with Crippen LogP contribution in [0.25, 0.3) is 10.9 Å². The number of nitrogens with zero attached hydrogens (tertiary/aromatic N) is 1. The maximum Gasteiger partial charge on any atom is 0.335 e. The minimum atomic E-state index is -0.946. The van der Waals surface area contributed by atoms with E-state index in [2.05, 4.69) is 5.32 Å². The second kappa shape index (κ2) is 4.76. The molecular formula is C14H16N2O3. The van der Waals surface area contributed by atoms with Crippen molar-refractivity contribution in [3.63, 3.8) is 0 Å². The highest BCUT2D eigenvalue weighted by molar-refractivity contribution is 5.95. The van der Waals surface area contributed by atoms with Gasteiger partial charge in [0.1, 0.15) is 6.54 Å². The number of benzene rings is 1. The molecule has 0 saturated heterocycles. The Morgan fingerprint density at radius 2 is 2.00 bits per heavy atom. The maximum atomic E-state index is 11.5. The van der Waals surface area contributed by atoms with Crippen molar-refractivity contribution in [3.05, 3.63) is 35.0 Å². The molecule has 0 bridgehead atoms. The van der Waals surface area contributed by atoms with Gasteiger partial charge in [0.2, 0.25) is 5.91 Å². The summed E-state index contributed by atoms with van der Waals surface area (Å²) in [6, 6.07) is 4.96. The predicted molar refractivity (Wildman–Crippen MR) is 72.4 cm³/mol. The summed E-state index contributed by atoms with van der Waals surface area (Å²) < 4.78 is 1.90. The number of rotatable bonds is 3. The number of hydrogen-bond donors (Lipinski definition) is 2. The summed E-state index contributed by atoms with van der Waals surface area (Å²) in [4.78, 5) is 22.5. The van der Waals surface area contributed by atoms with Gasteiger partial charge in [-0.1, -0.05) is 0 Å². The third kappa shape index (κ3) is 2.19. The molecule has 0 unspecified atom stereocenters. The standard InChI is InChI=1S/C14H16N2O3/c1-8-9(2)16(7-13(17)15-3)12-5-4-10(14(18)19)6-11(8)12/h4-6H,7H2,1-3H3,(H,15,17)(H,18,19). The minimum Gasteiger partial charge on any atom is -0.478 e. The quantitative estimate of drug-likeness (QED) is 0.882. The Balaban J connectivity index is 2.63. The van der Waals surface area contributed by atoms with E-state index in [4.69, 9.17) is 5.11 Å². The van der Waals surface area contributed by atoms with Crippen LogP contribution < -0.4 is 5.32 Å². The third-order valence-corrected chi connectivity index (χ3v) is 3.47. The first kappa shape index (κ1) is 13.1. The van der Waals surface area contributed by atoms with Gasteiger partial charge in [0.15, 0.2) is 0 Å². The lowest BCUT2D eigenvalue weighted by Crippen LogP contribution is -2.23. The van der Waals surface area contributed by atoms with Crippen LogP contribution in [0.3, 0.4) is 0 Å². The monoisotopic (exact) mass is 260 g/mol. The molecule has 2 aromatic rings. The van der Waals surface area contributed by atoms with Gasteiger partial charge >= 0.3 is 5.97 Å². The van der Waals surface area contributed by atoms with Gasteiger partial charge in [-0.2, -0.15) is 0 Å². The molecule has 1 amide bonds. The van der Waals surface area contributed by atoms with Crippen molar-refractivity contribution < 1.29 is 14.7 Å². The zero-order valence-electron chi connectivity index (χ0n) is 11.2. The Hall–Kier alpha value is -2.30. The summed E-state index contributed by atoms with van der Waals surface area (Å²) in [6.07, 6.45) is 0. The number of nitrogens with one attached hydrogen (secondary N) is 1. The van der Waals surface area contributed by atoms with Crippen LogP contribution in [0.15, 0.2) is 18.2 Å². The molecular weight excluding hydrogens is 244 g/mol. The van der Waals surface area contributed by atoms with Crippen LogP contribution in [-0.4, -0.2) is 28.6 Å². The zero-order chi connectivity index (χ0) is 14.2. The number of carbonyl (C=O) groups is 2. The number of aromatic carboxylic acids is 1. The number of aryl methyl sites for hydroxylation is 1. The highest BCUT2D eigenvalue weighted by Crippen LogP contribution is 2.26. The average molecular weight is 260 g/mol. The predicted octanol–water partition coefficient (Wildman–Crippen LogP) is 1.70. The fraction of sp³-hybridized carbons (Fsp3) is 0.286. The SMILES string of the molecule is CNC(=O)Cn1c(C)c(C)c2cc(C(=O)O)ccc21. The van der Waals surface area contributed by atoms with E-state index in [1.807, 2.05) is 18.4 Å². The van der Waals surface area contributed by atoms with E-state index >= 15 is 0 Å². The number of carbonyl (C=O) groups excluding carboxylic acids is 1. The first-order valence-electron chi connectivity index (χ1n) is 5.99. The number of aromatic nitrogens is 1. The largest absolute Gasteiger partial charge is 0.478 e. The van der Waals surface area contributed by atoms with Crippen LogP contribution in [0.1, 0.15) is 21.6 Å². The molecule has 5 heteroatoms. The Labute approximate surface area is 110 Å². The van der Waals surface area contributed by atoms with E-state index in [-0.39, 0.29) is 18.0 Å². The second-order valence-electron chi connectivity index (χ2n) is 4.51. The van der Waals surface area contributed by atoms with Crippen molar-refractivity contribution >= 4 is 22.8 Å². The normalized spacial score (nSPS) is 10.7. The summed E-state index contributed by atoms with van der Waals surface area (Å²) in [6.45, 7) is 4.10. The fourth-order valence-corrected chi connectivity index (χ4v) is 2.21. The summed E-state index contributed by atoms with van der Waals surface area (Å²) in [5.74, 6) is -1.03. The Morgan fingerprint density at radius 1 is 1.32 bits per heavy atom. The summed E-state index contributed by atoms with van der Waals surface area (Å²) >= 11 is 0. The number of likely N-dealkylation sites (N-methyl/N-ethyl adjacent to an activating group) is 1. The first-order valence-corrected chi connectivity index (χ1v) is 5.99. The van der Waals surface area contributed by atoms with Crippen molar-refractivity contribution in [3.8, 4) is 0 Å². The van der Waals surface area contributed by atoms with Crippen molar-refractivity contribution in [2.75, 3.05) is 7.05 Å². The van der Waals surface area contributed by atoms with Crippen molar-refractivity contribution in [2.24, 2.45) is 0 Å². The lowest BCUT2D eigenvalue weighted by molar-refractivity contribution is -0.121. The topological polar surface area (TPSA) is 71.3 Å². The van der Waals surface area contributed by atoms with Crippen LogP contribution in [0, 0.1) is 13.8 Å². The van der Waals surface area contributed by atoms with Gasteiger partial charge < -0.3 is 15.0 Å². The van der Waals surface area contributed by atoms with E-state index in [0.717, 1.165) is 22.2 Å². The highest BCUT2D eigenvalue weighted by Gasteiger charge is 2.14. The van der Waals surface area contributed by atoms with Gasteiger partial charge in [0.05, 0.1) is 5.56 Å². The maximum absolute atomic E-state index is 11.5. The molecule has 0 aliphatic rings. The molecule has 100 valence electrons. The first-order chi connectivity index (χ1) is 8.95. The Bertz CT molecular complexity index is 671. The van der Waals surface area contributed by atoms with Gasteiger partial charge in [-0.3, -0.25) is 4.79 Å². The van der Waals surface area contributed by atoms with Gasteiger partial charge in [-0.05, 0) is 37.6 Å². The number of carboxylic acid groups (broad SMARTS) is 1. The molecule has 19 heavy (non-hydrogen) atoms. The van der Waals surface area contributed by atoms with Crippen molar-refractivity contribution in [2.45, 2.75) is 20.4 Å². The van der Waals surface area contributed by atoms with Crippen LogP contribution in [-0.2, 0) is 11.3 Å². The third-order valence-electron chi connectivity index (χ3n) is 3.47. The molecule has 2 rings (SSSR count). The summed E-state index contributed by atoms with van der Waals surface area (Å²) in [7, 11) is 1.60. The summed E-state index contributed by atoms with van der Waals surface area (Å²) in [5, 5.41) is 12.5. The number of amides is 1. The molecule has 5 nitrogen and oxygen atoms in total. The molecule has 1 heterocycles. The summed E-state index contributed by atoms with van der Waals surface area (Å²) in [5.41, 5.74) is 3.11. The number of fused-ring (bicyclic) bond motifs is 1. The molecule has 0 atom stereocenters. The van der Waals surface area contributed by atoms with Gasteiger partial charge in [0, 0.05) is 23.6 Å². The highest BCUT2D eigenvalue weighted by atomic mass is 16.4. The Kier molecular flexibility index (Phi) is 3.29. The Morgan fingerprint density at radius 3 is 2.58 bits per heavy atom. The average Bonchev–Trinajstić information content (AvgIpc) is 2.63. The second-order valence-corrected chi connectivity index (χ2v) is 4.51. The smallest absolute Gasteiger partial charge is 0.335 e. The molecule has 0 radical (unpaired) electrons. The van der Waals surface area contributed by atoms with E-state index < -0.39 is 5.97 Å². The molecule has 0 aliphatic carbocycles. The van der Waals surface area contributed by atoms with Crippen LogP contribution in [0.4, 0.5) is 0 Å². The van der Waals surface area contributed by atoms with Crippen LogP contribution >= 0.6 is 0 Å². The molecule has 0 fully saturated rings. The molecule has 0 saturated carbocycles. The van der Waals surface area contributed by atoms with E-state index in [1.54, 1.807) is 25.2 Å². The molecule has 0 aliphatic heterocycles.